The van der Waals surface area contributed by atoms with Crippen LogP contribution in [-0.4, -0.2) is 50.4 Å². The van der Waals surface area contributed by atoms with Crippen molar-refractivity contribution in [2.75, 3.05) is 19.7 Å². The van der Waals surface area contributed by atoms with Gasteiger partial charge in [0.25, 0.3) is 0 Å². The van der Waals surface area contributed by atoms with Crippen LogP contribution in [0.1, 0.15) is 56.5 Å². The third-order valence-electron chi connectivity index (χ3n) is 5.38. The number of aliphatic hydroxyl groups is 1. The Morgan fingerprint density at radius 2 is 2.00 bits per heavy atom. The number of aromatic nitrogens is 2. The summed E-state index contributed by atoms with van der Waals surface area (Å²) in [6.07, 6.45) is 3.39. The van der Waals surface area contributed by atoms with E-state index in [-0.39, 0.29) is 17.7 Å². The summed E-state index contributed by atoms with van der Waals surface area (Å²) in [5, 5.41) is 16.8. The first kappa shape index (κ1) is 26.1. The number of benzene rings is 1. The number of ether oxygens (including phenoxy) is 1. The number of nitrogens with zero attached hydrogens (tertiary/aromatic N) is 3. The first-order valence-corrected chi connectivity index (χ1v) is 12.2. The van der Waals surface area contributed by atoms with Crippen molar-refractivity contribution in [3.05, 3.63) is 52.9 Å². The molecule has 3 atom stereocenters. The number of β-amino-alcohol motifs (C(OH)–C–C–N with tert-alkyl or cyclic N) is 1. The smallest absolute Gasteiger partial charge is 0.129 e. The molecule has 0 aliphatic carbocycles. The van der Waals surface area contributed by atoms with E-state index in [4.69, 9.17) is 15.6 Å². The normalized spacial score (nSPS) is 24.8. The summed E-state index contributed by atoms with van der Waals surface area (Å²) in [4.78, 5) is 0. The van der Waals surface area contributed by atoms with E-state index in [1.54, 1.807) is 12.1 Å². The molecule has 3 aliphatic heterocycles. The molecule has 0 saturated carbocycles. The molecule has 2 fully saturated rings. The number of halogens is 2. The van der Waals surface area contributed by atoms with Crippen LogP contribution in [0.25, 0.3) is 0 Å². The van der Waals surface area contributed by atoms with Crippen LogP contribution in [0.4, 0.5) is 8.78 Å². The van der Waals surface area contributed by atoms with E-state index in [1.165, 1.54) is 12.0 Å². The van der Waals surface area contributed by atoms with Crippen LogP contribution in [-0.2, 0) is 17.8 Å². The van der Waals surface area contributed by atoms with Crippen molar-refractivity contribution in [3.63, 3.8) is 0 Å². The minimum atomic E-state index is -0.535. The SMILES string of the molecule is CC1CO[C@H](c2cc(F)ccc2F)C(N)C1.CCC.OC1CN(Sn2cc3c(n2)CNC3)C1. The lowest BCUT2D eigenvalue weighted by atomic mass is 9.91. The highest BCUT2D eigenvalue weighted by Gasteiger charge is 2.30. The van der Waals surface area contributed by atoms with E-state index < -0.39 is 17.7 Å². The van der Waals surface area contributed by atoms with E-state index in [1.807, 2.05) is 11.0 Å². The second-order valence-electron chi connectivity index (χ2n) is 8.82. The zero-order valence-electron chi connectivity index (χ0n) is 19.5. The number of nitrogens with two attached hydrogens (primary N) is 1. The number of nitrogens with one attached hydrogen (secondary N) is 1. The van der Waals surface area contributed by atoms with Crippen LogP contribution in [0.2, 0.25) is 0 Å². The lowest BCUT2D eigenvalue weighted by Gasteiger charge is -2.33. The van der Waals surface area contributed by atoms with E-state index in [9.17, 15) is 8.78 Å². The van der Waals surface area contributed by atoms with E-state index in [0.717, 1.165) is 56.5 Å². The van der Waals surface area contributed by atoms with Gasteiger partial charge in [-0.3, -0.25) is 0 Å². The molecule has 1 aromatic heterocycles. The average molecular weight is 484 g/mol. The molecule has 0 amide bonds. The van der Waals surface area contributed by atoms with Crippen LogP contribution in [0.15, 0.2) is 24.4 Å². The number of hydrogen-bond acceptors (Lipinski definition) is 7. The molecule has 0 bridgehead atoms. The molecule has 2 aromatic rings. The maximum absolute atomic E-state index is 13.5. The fourth-order valence-electron chi connectivity index (χ4n) is 3.78. The van der Waals surface area contributed by atoms with E-state index >= 15 is 0 Å². The number of hydrogen-bond donors (Lipinski definition) is 3. The van der Waals surface area contributed by atoms with Crippen LogP contribution in [0.5, 0.6) is 0 Å². The molecular formula is C23H35F2N5O2S. The van der Waals surface area contributed by atoms with Gasteiger partial charge in [-0.2, -0.15) is 9.19 Å². The highest BCUT2D eigenvalue weighted by Crippen LogP contribution is 2.31. The third kappa shape index (κ3) is 7.21. The summed E-state index contributed by atoms with van der Waals surface area (Å²) in [7, 11) is 0. The predicted octanol–water partition coefficient (Wildman–Crippen LogP) is 3.38. The molecule has 0 radical (unpaired) electrons. The summed E-state index contributed by atoms with van der Waals surface area (Å²) >= 11 is 1.57. The molecule has 3 aliphatic rings. The molecule has 10 heteroatoms. The van der Waals surface area contributed by atoms with E-state index in [0.29, 0.717) is 12.5 Å². The molecule has 2 saturated heterocycles. The molecule has 4 N–H and O–H groups in total. The molecule has 2 unspecified atom stereocenters. The van der Waals surface area contributed by atoms with Gasteiger partial charge in [-0.05, 0) is 30.5 Å². The molecule has 0 spiro atoms. The zero-order chi connectivity index (χ0) is 24.0. The van der Waals surface area contributed by atoms with Gasteiger partial charge in [-0.25, -0.2) is 13.1 Å². The fourth-order valence-corrected chi connectivity index (χ4v) is 4.80. The Hall–Kier alpha value is -1.56. The predicted molar refractivity (Wildman–Crippen MR) is 126 cm³/mol. The summed E-state index contributed by atoms with van der Waals surface area (Å²) in [6.45, 7) is 10.1. The Kier molecular flexibility index (Phi) is 9.66. The van der Waals surface area contributed by atoms with Crippen molar-refractivity contribution >= 4 is 12.1 Å². The monoisotopic (exact) mass is 483 g/mol. The molecular weight excluding hydrogens is 448 g/mol. The second kappa shape index (κ2) is 12.2. The van der Waals surface area contributed by atoms with Crippen LogP contribution in [0, 0.1) is 17.6 Å². The molecule has 4 heterocycles. The van der Waals surface area contributed by atoms with Gasteiger partial charge in [0.05, 0.1) is 30.5 Å². The number of aliphatic hydroxyl groups excluding tert-OH is 1. The van der Waals surface area contributed by atoms with E-state index in [2.05, 4.69) is 34.8 Å². The van der Waals surface area contributed by atoms with Gasteiger partial charge in [0.15, 0.2) is 0 Å². The van der Waals surface area contributed by atoms with Gasteiger partial charge in [-0.15, -0.1) is 0 Å². The average Bonchev–Trinajstić information content (AvgIpc) is 3.32. The third-order valence-corrected chi connectivity index (χ3v) is 6.26. The van der Waals surface area contributed by atoms with Crippen LogP contribution in [0.3, 0.4) is 0 Å². The molecule has 33 heavy (non-hydrogen) atoms. The van der Waals surface area contributed by atoms with Crippen molar-refractivity contribution in [1.82, 2.24) is 18.8 Å². The molecule has 5 rings (SSSR count). The second-order valence-corrected chi connectivity index (χ2v) is 9.87. The Morgan fingerprint density at radius 1 is 1.27 bits per heavy atom. The lowest BCUT2D eigenvalue weighted by Crippen LogP contribution is -2.46. The Labute approximate surface area is 198 Å². The van der Waals surface area contributed by atoms with Crippen molar-refractivity contribution in [3.8, 4) is 0 Å². The van der Waals surface area contributed by atoms with Crippen molar-refractivity contribution < 1.29 is 18.6 Å². The Morgan fingerprint density at radius 3 is 2.64 bits per heavy atom. The first-order valence-electron chi connectivity index (χ1n) is 11.5. The maximum atomic E-state index is 13.5. The molecule has 1 aromatic carbocycles. The van der Waals surface area contributed by atoms with Crippen LogP contribution >= 0.6 is 12.1 Å². The highest BCUT2D eigenvalue weighted by molar-refractivity contribution is 7.95. The zero-order valence-corrected chi connectivity index (χ0v) is 20.3. The molecule has 184 valence electrons. The van der Waals surface area contributed by atoms with Gasteiger partial charge in [0.1, 0.15) is 17.7 Å². The van der Waals surface area contributed by atoms with Crippen molar-refractivity contribution in [1.29, 1.82) is 0 Å². The molecule has 7 nitrogen and oxygen atoms in total. The van der Waals surface area contributed by atoms with Gasteiger partial charge < -0.3 is 20.9 Å². The number of fused-ring (bicyclic) bond motifs is 1. The number of rotatable bonds is 3. The minimum Gasteiger partial charge on any atom is -0.390 e. The van der Waals surface area contributed by atoms with Gasteiger partial charge in [-0.1, -0.05) is 27.2 Å². The Balaban J connectivity index is 0.000000167. The maximum Gasteiger partial charge on any atom is 0.129 e. The summed E-state index contributed by atoms with van der Waals surface area (Å²) in [5.74, 6) is -0.565. The first-order chi connectivity index (χ1) is 15.8. The quantitative estimate of drug-likeness (QED) is 0.577. The summed E-state index contributed by atoms with van der Waals surface area (Å²) in [6, 6.07) is 3.09. The standard InChI is InChI=1S/C12H15F2NO.C8H12N4OS.C3H8/c1-7-4-11(15)12(16-6-7)9-5-8(13)2-3-10(9)14;13-7-4-11(5-7)14-12-3-6-1-9-2-8(6)10-12;1-3-2/h2-3,5,7,11-12H,4,6,15H2,1H3;3,7,9,13H,1-2,4-5H2;3H2,1-2H3/t7?,11?,12-;;/m1../s1. The highest BCUT2D eigenvalue weighted by atomic mass is 32.2. The lowest BCUT2D eigenvalue weighted by molar-refractivity contribution is -0.0284. The van der Waals surface area contributed by atoms with Gasteiger partial charge in [0.2, 0.25) is 0 Å². The van der Waals surface area contributed by atoms with Crippen molar-refractivity contribution in [2.24, 2.45) is 11.7 Å². The van der Waals surface area contributed by atoms with Crippen LogP contribution < -0.4 is 11.1 Å². The Bertz CT molecular complexity index is 872. The topological polar surface area (TPSA) is 88.6 Å². The fraction of sp³-hybridized carbons (Fsp3) is 0.609. The van der Waals surface area contributed by atoms with Crippen molar-refractivity contribution in [2.45, 2.75) is 65.0 Å². The largest absolute Gasteiger partial charge is 0.390 e. The van der Waals surface area contributed by atoms with Gasteiger partial charge >= 0.3 is 0 Å². The summed E-state index contributed by atoms with van der Waals surface area (Å²) in [5.41, 5.74) is 8.57. The minimum absolute atomic E-state index is 0.147. The summed E-state index contributed by atoms with van der Waals surface area (Å²) < 4.78 is 36.0. The van der Waals surface area contributed by atoms with Gasteiger partial charge in [0, 0.05) is 49.5 Å².